The molecule has 0 unspecified atom stereocenters. The van der Waals surface area contributed by atoms with Gasteiger partial charge in [-0.3, -0.25) is 0 Å². The maximum atomic E-state index is 9.23. The zero-order chi connectivity index (χ0) is 17.5. The first-order valence-electron chi connectivity index (χ1n) is 7.79. The Hall–Kier alpha value is -3.52. The first kappa shape index (κ1) is 16.3. The number of oxazole rings is 1. The van der Waals surface area contributed by atoms with Crippen LogP contribution in [-0.4, -0.2) is 12.1 Å². The first-order valence-corrected chi connectivity index (χ1v) is 7.79. The summed E-state index contributed by atoms with van der Waals surface area (Å²) in [4.78, 5) is 4.19. The number of ether oxygens (including phenoxy) is 1. The molecule has 0 aliphatic heterocycles. The van der Waals surface area contributed by atoms with Crippen LogP contribution >= 0.6 is 0 Å². The van der Waals surface area contributed by atoms with Gasteiger partial charge in [0.25, 0.3) is 0 Å². The third-order valence-electron chi connectivity index (χ3n) is 3.56. The zero-order valence-corrected chi connectivity index (χ0v) is 13.8. The number of nitrogens with zero attached hydrogens (tertiary/aromatic N) is 2. The fourth-order valence-electron chi connectivity index (χ4n) is 2.29. The molecule has 0 aliphatic rings. The molecule has 3 rings (SSSR count). The smallest absolute Gasteiger partial charge is 0.232 e. The summed E-state index contributed by atoms with van der Waals surface area (Å²) in [5, 5.41) is 12.3. The molecule has 2 aromatic carbocycles. The molecule has 0 spiro atoms. The van der Waals surface area contributed by atoms with E-state index in [4.69, 9.17) is 9.15 Å². The van der Waals surface area contributed by atoms with Crippen molar-refractivity contribution >= 4 is 18.0 Å². The summed E-state index contributed by atoms with van der Waals surface area (Å²) in [6.45, 7) is 0.559. The van der Waals surface area contributed by atoms with E-state index in [0.717, 1.165) is 16.9 Å². The largest absolute Gasteiger partial charge is 0.497 e. The van der Waals surface area contributed by atoms with E-state index in [2.05, 4.69) is 10.3 Å². The molecule has 0 atom stereocenters. The molecule has 0 saturated carbocycles. The van der Waals surface area contributed by atoms with Crippen molar-refractivity contribution in [1.29, 1.82) is 5.26 Å². The third-order valence-corrected chi connectivity index (χ3v) is 3.56. The number of benzene rings is 2. The Kier molecular flexibility index (Phi) is 5.13. The highest BCUT2D eigenvalue weighted by Crippen LogP contribution is 2.20. The Labute approximate surface area is 146 Å². The van der Waals surface area contributed by atoms with Gasteiger partial charge in [-0.1, -0.05) is 42.5 Å². The Bertz CT molecular complexity index is 908. The Morgan fingerprint density at radius 1 is 1.16 bits per heavy atom. The predicted octanol–water partition coefficient (Wildman–Crippen LogP) is 4.34. The molecule has 0 bridgehead atoms. The number of hydrogen-bond acceptors (Lipinski definition) is 5. The van der Waals surface area contributed by atoms with E-state index in [-0.39, 0.29) is 5.69 Å². The lowest BCUT2D eigenvalue weighted by Crippen LogP contribution is -1.99. The van der Waals surface area contributed by atoms with Gasteiger partial charge in [0.2, 0.25) is 17.5 Å². The summed E-state index contributed by atoms with van der Waals surface area (Å²) in [7, 11) is 1.63. The molecule has 0 fully saturated rings. The van der Waals surface area contributed by atoms with Crippen molar-refractivity contribution in [2.75, 3.05) is 12.4 Å². The van der Waals surface area contributed by atoms with Crippen molar-refractivity contribution in [3.05, 3.63) is 77.3 Å². The normalized spacial score (nSPS) is 10.6. The lowest BCUT2D eigenvalue weighted by Gasteiger charge is -2.02. The van der Waals surface area contributed by atoms with Gasteiger partial charge in [0.15, 0.2) is 0 Å². The number of nitriles is 1. The second-order valence-electron chi connectivity index (χ2n) is 5.29. The van der Waals surface area contributed by atoms with E-state index in [1.165, 1.54) is 0 Å². The second-order valence-corrected chi connectivity index (χ2v) is 5.29. The van der Waals surface area contributed by atoms with Gasteiger partial charge in [-0.25, -0.2) is 0 Å². The highest BCUT2D eigenvalue weighted by molar-refractivity contribution is 5.67. The standard InChI is InChI=1S/C20H17N3O2/c1-24-17-9-5-8-15(12-17)10-11-19-23-18(13-21)20(25-19)22-14-16-6-3-2-4-7-16/h2-12,22H,14H2,1H3/b11-10+. The molecular formula is C20H17N3O2. The summed E-state index contributed by atoms with van der Waals surface area (Å²) in [6.07, 6.45) is 3.58. The zero-order valence-electron chi connectivity index (χ0n) is 13.8. The number of hydrogen-bond donors (Lipinski definition) is 1. The molecule has 3 aromatic rings. The second kappa shape index (κ2) is 7.84. The van der Waals surface area contributed by atoms with E-state index in [9.17, 15) is 5.26 Å². The third kappa shape index (κ3) is 4.27. The molecule has 25 heavy (non-hydrogen) atoms. The first-order chi connectivity index (χ1) is 12.3. The predicted molar refractivity (Wildman–Crippen MR) is 96.9 cm³/mol. The van der Waals surface area contributed by atoms with Crippen molar-refractivity contribution in [1.82, 2.24) is 4.98 Å². The minimum absolute atomic E-state index is 0.237. The van der Waals surface area contributed by atoms with Crippen molar-refractivity contribution in [2.45, 2.75) is 6.54 Å². The fraction of sp³-hybridized carbons (Fsp3) is 0.100. The average Bonchev–Trinajstić information content (AvgIpc) is 3.08. The van der Waals surface area contributed by atoms with Crippen LogP contribution in [0.15, 0.2) is 59.0 Å². The van der Waals surface area contributed by atoms with Gasteiger partial charge in [0, 0.05) is 12.6 Å². The van der Waals surface area contributed by atoms with Crippen LogP contribution in [0.2, 0.25) is 0 Å². The van der Waals surface area contributed by atoms with Gasteiger partial charge in [0.05, 0.1) is 7.11 Å². The molecule has 0 aliphatic carbocycles. The van der Waals surface area contributed by atoms with Gasteiger partial charge in [-0.15, -0.1) is 0 Å². The van der Waals surface area contributed by atoms with Crippen LogP contribution < -0.4 is 10.1 Å². The minimum Gasteiger partial charge on any atom is -0.497 e. The van der Waals surface area contributed by atoms with Crippen LogP contribution in [0.5, 0.6) is 5.75 Å². The molecule has 0 amide bonds. The van der Waals surface area contributed by atoms with Crippen LogP contribution in [-0.2, 0) is 6.54 Å². The average molecular weight is 331 g/mol. The summed E-state index contributed by atoms with van der Waals surface area (Å²) < 4.78 is 10.8. The SMILES string of the molecule is COc1cccc(/C=C/c2nc(C#N)c(NCc3ccccc3)o2)c1. The lowest BCUT2D eigenvalue weighted by atomic mass is 10.2. The molecule has 5 nitrogen and oxygen atoms in total. The summed E-state index contributed by atoms with van der Waals surface area (Å²) >= 11 is 0. The summed E-state index contributed by atoms with van der Waals surface area (Å²) in [6, 6.07) is 19.6. The van der Waals surface area contributed by atoms with E-state index in [0.29, 0.717) is 18.3 Å². The molecular weight excluding hydrogens is 314 g/mol. The van der Waals surface area contributed by atoms with Crippen LogP contribution in [0.1, 0.15) is 22.7 Å². The number of rotatable bonds is 6. The van der Waals surface area contributed by atoms with Crippen molar-refractivity contribution < 1.29 is 9.15 Å². The Balaban J connectivity index is 1.73. The van der Waals surface area contributed by atoms with Gasteiger partial charge in [-0.05, 0) is 29.3 Å². The van der Waals surface area contributed by atoms with Gasteiger partial charge >= 0.3 is 0 Å². The molecule has 124 valence electrons. The molecule has 0 saturated heterocycles. The number of nitrogens with one attached hydrogen (secondary N) is 1. The van der Waals surface area contributed by atoms with E-state index in [1.807, 2.05) is 66.7 Å². The van der Waals surface area contributed by atoms with Crippen molar-refractivity contribution in [3.8, 4) is 11.8 Å². The van der Waals surface area contributed by atoms with Crippen LogP contribution in [0, 0.1) is 11.3 Å². The fourth-order valence-corrected chi connectivity index (χ4v) is 2.29. The van der Waals surface area contributed by atoms with Gasteiger partial charge in [-0.2, -0.15) is 10.2 Å². The summed E-state index contributed by atoms with van der Waals surface area (Å²) in [5.74, 6) is 1.52. The van der Waals surface area contributed by atoms with Crippen molar-refractivity contribution in [2.24, 2.45) is 0 Å². The number of aromatic nitrogens is 1. The molecule has 0 radical (unpaired) electrons. The number of methoxy groups -OCH3 is 1. The van der Waals surface area contributed by atoms with Gasteiger partial charge in [0.1, 0.15) is 11.8 Å². The Morgan fingerprint density at radius 2 is 2.00 bits per heavy atom. The highest BCUT2D eigenvalue weighted by atomic mass is 16.5. The molecule has 1 aromatic heterocycles. The van der Waals surface area contributed by atoms with Crippen LogP contribution in [0.4, 0.5) is 5.88 Å². The topological polar surface area (TPSA) is 71.1 Å². The van der Waals surface area contributed by atoms with Gasteiger partial charge < -0.3 is 14.5 Å². The molecule has 5 heteroatoms. The Morgan fingerprint density at radius 3 is 2.76 bits per heavy atom. The summed E-state index contributed by atoms with van der Waals surface area (Å²) in [5.41, 5.74) is 2.28. The minimum atomic E-state index is 0.237. The lowest BCUT2D eigenvalue weighted by molar-refractivity contribution is 0.414. The van der Waals surface area contributed by atoms with Crippen molar-refractivity contribution in [3.63, 3.8) is 0 Å². The van der Waals surface area contributed by atoms with Crippen LogP contribution in [0.25, 0.3) is 12.2 Å². The molecule has 1 N–H and O–H groups in total. The van der Waals surface area contributed by atoms with E-state index in [1.54, 1.807) is 13.2 Å². The van der Waals surface area contributed by atoms with Crippen LogP contribution in [0.3, 0.4) is 0 Å². The maximum Gasteiger partial charge on any atom is 0.232 e. The molecule has 1 heterocycles. The monoisotopic (exact) mass is 331 g/mol. The number of anilines is 1. The van der Waals surface area contributed by atoms with E-state index < -0.39 is 0 Å². The quantitative estimate of drug-likeness (QED) is 0.727. The highest BCUT2D eigenvalue weighted by Gasteiger charge is 2.11. The van der Waals surface area contributed by atoms with E-state index >= 15 is 0 Å². The maximum absolute atomic E-state index is 9.23.